The molecule has 1 aliphatic heterocycles. The van der Waals surface area contributed by atoms with Crippen molar-refractivity contribution in [2.45, 2.75) is 154 Å². The first-order chi connectivity index (χ1) is 18.8. The van der Waals surface area contributed by atoms with Crippen molar-refractivity contribution < 1.29 is 19.1 Å². The Balaban J connectivity index is 2.10. The van der Waals surface area contributed by atoms with Crippen LogP contribution in [0.1, 0.15) is 154 Å². The van der Waals surface area contributed by atoms with Crippen LogP contribution in [0.2, 0.25) is 0 Å². The van der Waals surface area contributed by atoms with E-state index in [1.54, 1.807) is 0 Å². The Morgan fingerprint density at radius 2 is 0.605 bits per heavy atom. The van der Waals surface area contributed by atoms with Crippen molar-refractivity contribution in [3.8, 4) is 0 Å². The summed E-state index contributed by atoms with van der Waals surface area (Å²) in [5.74, 6) is 4.89. The van der Waals surface area contributed by atoms with E-state index in [4.69, 9.17) is 9.47 Å². The van der Waals surface area contributed by atoms with Gasteiger partial charge < -0.3 is 9.47 Å². The number of esters is 2. The molecule has 1 heterocycles. The van der Waals surface area contributed by atoms with Crippen molar-refractivity contribution in [3.63, 3.8) is 0 Å². The van der Waals surface area contributed by atoms with E-state index in [9.17, 15) is 9.59 Å². The third-order valence-corrected chi connectivity index (χ3v) is 9.54. The van der Waals surface area contributed by atoms with Crippen LogP contribution in [0.4, 0.5) is 0 Å². The van der Waals surface area contributed by atoms with Crippen LogP contribution in [0, 0.1) is 0 Å². The predicted octanol–water partition coefficient (Wildman–Crippen LogP) is 9.92. The van der Waals surface area contributed by atoms with Crippen LogP contribution >= 0.6 is 23.5 Å². The summed E-state index contributed by atoms with van der Waals surface area (Å²) in [6.45, 7) is 1.20. The maximum atomic E-state index is 11.9. The van der Waals surface area contributed by atoms with Crippen LogP contribution in [0.3, 0.4) is 0 Å². The predicted molar refractivity (Wildman–Crippen MR) is 167 cm³/mol. The quantitative estimate of drug-likeness (QED) is 0.269. The third kappa shape index (κ3) is 27.2. The summed E-state index contributed by atoms with van der Waals surface area (Å²) in [4.78, 5) is 23.8. The summed E-state index contributed by atoms with van der Waals surface area (Å²) in [6, 6.07) is 0. The highest BCUT2D eigenvalue weighted by Gasteiger charge is 2.04. The number of ether oxygens (including phenoxy) is 2. The lowest BCUT2D eigenvalue weighted by Gasteiger charge is -2.06. The zero-order valence-electron chi connectivity index (χ0n) is 24.7. The average Bonchev–Trinajstić information content (AvgIpc) is 2.91. The highest BCUT2D eigenvalue weighted by Crippen LogP contribution is 2.15. The first-order valence-electron chi connectivity index (χ1n) is 16.3. The highest BCUT2D eigenvalue weighted by atomic mass is 32.2. The van der Waals surface area contributed by atoms with Gasteiger partial charge in [0.25, 0.3) is 0 Å². The zero-order chi connectivity index (χ0) is 27.2. The fourth-order valence-corrected chi connectivity index (χ4v) is 6.80. The van der Waals surface area contributed by atoms with Gasteiger partial charge in [0.15, 0.2) is 0 Å². The van der Waals surface area contributed by atoms with E-state index in [1.165, 1.54) is 113 Å². The molecule has 0 atom stereocenters. The topological polar surface area (TPSA) is 52.6 Å². The molecule has 0 spiro atoms. The van der Waals surface area contributed by atoms with Gasteiger partial charge in [0.1, 0.15) is 0 Å². The van der Waals surface area contributed by atoms with Gasteiger partial charge in [-0.05, 0) is 74.4 Å². The number of hydrogen-bond donors (Lipinski definition) is 0. The number of hydrogen-bond acceptors (Lipinski definition) is 6. The molecule has 6 heteroatoms. The lowest BCUT2D eigenvalue weighted by molar-refractivity contribution is -0.144. The normalized spacial score (nSPS) is 23.1. The summed E-state index contributed by atoms with van der Waals surface area (Å²) in [5.41, 5.74) is 0. The molecular weight excluding hydrogens is 512 g/mol. The minimum absolute atomic E-state index is 0.00202. The van der Waals surface area contributed by atoms with Gasteiger partial charge in [-0.25, -0.2) is 0 Å². The molecule has 1 rings (SSSR count). The lowest BCUT2D eigenvalue weighted by atomic mass is 10.1. The van der Waals surface area contributed by atoms with Crippen LogP contribution < -0.4 is 0 Å². The Morgan fingerprint density at radius 1 is 0.342 bits per heavy atom. The van der Waals surface area contributed by atoms with Crippen molar-refractivity contribution in [2.24, 2.45) is 0 Å². The van der Waals surface area contributed by atoms with Gasteiger partial charge >= 0.3 is 11.9 Å². The second-order valence-electron chi connectivity index (χ2n) is 10.9. The fourth-order valence-electron chi connectivity index (χ4n) is 4.75. The van der Waals surface area contributed by atoms with Crippen LogP contribution in [-0.2, 0) is 19.1 Å². The molecule has 1 saturated heterocycles. The molecule has 0 bridgehead atoms. The Bertz CT molecular complexity index is 444. The standard InChI is InChI=1S/C32H60O4S2/c33-31-23-15-11-7-3-1-5-9-13-19-27-37-29-21-17-26-36-32(34)24-16-12-8-4-2-6-10-14-20-28-38-30-22-18-25-35-31/h1-30H2. The summed E-state index contributed by atoms with van der Waals surface area (Å²) >= 11 is 4.10. The van der Waals surface area contributed by atoms with Crippen LogP contribution in [0.15, 0.2) is 0 Å². The second kappa shape index (κ2) is 29.6. The molecule has 38 heavy (non-hydrogen) atoms. The Hall–Kier alpha value is -0.360. The van der Waals surface area contributed by atoms with Gasteiger partial charge in [0.05, 0.1) is 13.2 Å². The molecule has 0 aromatic heterocycles. The number of rotatable bonds is 0. The second-order valence-corrected chi connectivity index (χ2v) is 13.4. The fraction of sp³-hybridized carbons (Fsp3) is 0.938. The van der Waals surface area contributed by atoms with Crippen LogP contribution in [-0.4, -0.2) is 48.2 Å². The third-order valence-electron chi connectivity index (χ3n) is 7.23. The van der Waals surface area contributed by atoms with Gasteiger partial charge in [-0.2, -0.15) is 23.5 Å². The van der Waals surface area contributed by atoms with Crippen molar-refractivity contribution in [2.75, 3.05) is 36.2 Å². The number of carbonyl (C=O) groups is 2. The van der Waals surface area contributed by atoms with Crippen molar-refractivity contribution in [3.05, 3.63) is 0 Å². The molecule has 1 aliphatic rings. The van der Waals surface area contributed by atoms with Gasteiger partial charge in [0, 0.05) is 12.8 Å². The molecule has 0 aromatic carbocycles. The van der Waals surface area contributed by atoms with E-state index < -0.39 is 0 Å². The van der Waals surface area contributed by atoms with Gasteiger partial charge in [0.2, 0.25) is 0 Å². The number of thioether (sulfide) groups is 2. The minimum Gasteiger partial charge on any atom is -0.466 e. The van der Waals surface area contributed by atoms with E-state index in [0.717, 1.165) is 51.4 Å². The molecule has 0 radical (unpaired) electrons. The van der Waals surface area contributed by atoms with Crippen LogP contribution in [0.5, 0.6) is 0 Å². The Kier molecular flexibility index (Phi) is 27.8. The maximum Gasteiger partial charge on any atom is 0.305 e. The summed E-state index contributed by atoms with van der Waals surface area (Å²) < 4.78 is 10.8. The minimum atomic E-state index is 0.00202. The van der Waals surface area contributed by atoms with Crippen molar-refractivity contribution in [1.29, 1.82) is 0 Å². The molecule has 0 aromatic rings. The monoisotopic (exact) mass is 572 g/mol. The molecule has 0 amide bonds. The van der Waals surface area contributed by atoms with E-state index >= 15 is 0 Å². The molecule has 0 N–H and O–H groups in total. The Labute approximate surface area is 244 Å². The number of carbonyl (C=O) groups excluding carboxylic acids is 2. The van der Waals surface area contributed by atoms with Crippen molar-refractivity contribution >= 4 is 35.5 Å². The van der Waals surface area contributed by atoms with Gasteiger partial charge in [-0.1, -0.05) is 89.9 Å². The van der Waals surface area contributed by atoms with Crippen molar-refractivity contribution in [1.82, 2.24) is 0 Å². The molecule has 0 unspecified atom stereocenters. The summed E-state index contributed by atoms with van der Waals surface area (Å²) in [7, 11) is 0. The van der Waals surface area contributed by atoms with Gasteiger partial charge in [-0.15, -0.1) is 0 Å². The largest absolute Gasteiger partial charge is 0.466 e. The molecule has 1 fully saturated rings. The van der Waals surface area contributed by atoms with E-state index in [1.807, 2.05) is 0 Å². The van der Waals surface area contributed by atoms with E-state index in [2.05, 4.69) is 23.5 Å². The Morgan fingerprint density at radius 3 is 0.947 bits per heavy atom. The zero-order valence-corrected chi connectivity index (χ0v) is 26.3. The SMILES string of the molecule is O=C1CCCCCCCCCCCSCCCCOC(=O)CCCCCCCCCCCSCCCCO1. The molecule has 224 valence electrons. The van der Waals surface area contributed by atoms with Crippen LogP contribution in [0.25, 0.3) is 0 Å². The first-order valence-corrected chi connectivity index (χ1v) is 18.6. The molecule has 0 saturated carbocycles. The molecule has 4 nitrogen and oxygen atoms in total. The van der Waals surface area contributed by atoms with E-state index in [-0.39, 0.29) is 11.9 Å². The number of cyclic esters (lactones) is 2. The lowest BCUT2D eigenvalue weighted by Crippen LogP contribution is -2.06. The van der Waals surface area contributed by atoms with Gasteiger partial charge in [-0.3, -0.25) is 9.59 Å². The molecule has 0 aliphatic carbocycles. The summed E-state index contributed by atoms with van der Waals surface area (Å²) in [5, 5.41) is 0. The first kappa shape index (κ1) is 35.7. The maximum absolute atomic E-state index is 11.9. The molecular formula is C32H60O4S2. The summed E-state index contributed by atoms with van der Waals surface area (Å²) in [6.07, 6.45) is 28.2. The smallest absolute Gasteiger partial charge is 0.305 e. The van der Waals surface area contributed by atoms with E-state index in [0.29, 0.717) is 26.1 Å². The average molecular weight is 573 g/mol. The highest BCUT2D eigenvalue weighted by molar-refractivity contribution is 7.99.